The largest absolute Gasteiger partial charge is 0.389 e. The lowest BCUT2D eigenvalue weighted by atomic mass is 9.89. The zero-order valence-electron chi connectivity index (χ0n) is 20.3. The minimum absolute atomic E-state index is 0.0717. The van der Waals surface area contributed by atoms with E-state index in [2.05, 4.69) is 15.0 Å². The summed E-state index contributed by atoms with van der Waals surface area (Å²) in [5.41, 5.74) is 7.00. The minimum atomic E-state index is -0.732. The van der Waals surface area contributed by atoms with Crippen molar-refractivity contribution in [1.29, 1.82) is 5.26 Å². The molecule has 0 atom stereocenters. The number of aromatic nitrogens is 3. The van der Waals surface area contributed by atoms with Crippen LogP contribution < -0.4 is 10.6 Å². The molecule has 1 aromatic carbocycles. The van der Waals surface area contributed by atoms with Gasteiger partial charge in [-0.15, -0.1) is 11.3 Å². The summed E-state index contributed by atoms with van der Waals surface area (Å²) in [5, 5.41) is 21.2. The highest BCUT2D eigenvalue weighted by Gasteiger charge is 2.52. The number of rotatable bonds is 3. The lowest BCUT2D eigenvalue weighted by Crippen LogP contribution is -2.63. The Hall–Kier alpha value is -3.46. The number of β-amino-alcohol motifs (C(OH)–C–C–N with tert-alkyl or cyclic N) is 1. The Kier molecular flexibility index (Phi) is 5.52. The number of halogens is 2. The van der Waals surface area contributed by atoms with E-state index >= 15 is 4.39 Å². The number of nitrogens with two attached hydrogens (primary N) is 1. The number of ether oxygens (including phenoxy) is 1. The summed E-state index contributed by atoms with van der Waals surface area (Å²) in [7, 11) is 0. The average molecular weight is 523 g/mol. The van der Waals surface area contributed by atoms with Crippen LogP contribution in [0.3, 0.4) is 0 Å². The Morgan fingerprint density at radius 2 is 1.92 bits per heavy atom. The van der Waals surface area contributed by atoms with Crippen molar-refractivity contribution in [1.82, 2.24) is 15.0 Å². The fraction of sp³-hybridized carbons (Fsp3) is 0.385. The summed E-state index contributed by atoms with van der Waals surface area (Å²) in [4.78, 5) is 15.0. The number of aliphatic hydroxyl groups is 1. The maximum atomic E-state index is 16.3. The van der Waals surface area contributed by atoms with Crippen LogP contribution in [-0.2, 0) is 18.0 Å². The molecule has 3 aromatic heterocycles. The smallest absolute Gasteiger partial charge is 0.226 e. The number of anilines is 2. The van der Waals surface area contributed by atoms with Crippen LogP contribution in [0, 0.1) is 28.9 Å². The summed E-state index contributed by atoms with van der Waals surface area (Å²) in [5.74, 6) is -0.620. The Bertz CT molecular complexity index is 1620. The summed E-state index contributed by atoms with van der Waals surface area (Å²) in [6.07, 6.45) is 4.64. The van der Waals surface area contributed by atoms with Gasteiger partial charge in [0, 0.05) is 22.5 Å². The fourth-order valence-corrected chi connectivity index (χ4v) is 6.25. The molecule has 11 heteroatoms. The summed E-state index contributed by atoms with van der Waals surface area (Å²) in [6.45, 7) is 5.20. The van der Waals surface area contributed by atoms with E-state index in [0.29, 0.717) is 35.9 Å². The van der Waals surface area contributed by atoms with Gasteiger partial charge >= 0.3 is 0 Å². The molecule has 0 spiro atoms. The van der Waals surface area contributed by atoms with Crippen molar-refractivity contribution in [3.05, 3.63) is 40.7 Å². The SMILES string of the molecule is CC.N#Cc1c(N)sc2c(F)cnc(-c3c4c(c5cnc(N6CC(O)(C7CC7)C6)nc5c3F)COC4)c12. The first-order chi connectivity index (χ1) is 17.9. The van der Waals surface area contributed by atoms with Gasteiger partial charge in [0.1, 0.15) is 22.2 Å². The standard InChI is InChI=1S/C24H18F2N6O2S.C2H6/c25-15-5-29-20(17-11(3-27)22(28)35-21(15)17)16-14-7-34-6-13(14)12-4-30-23(31-19(12)18(16)26)32-8-24(33,9-32)10-1-2-10;1-2/h4-5,10,33H,1-2,6-9,28H2;1-2H3. The number of benzene rings is 1. The van der Waals surface area contributed by atoms with Crippen LogP contribution >= 0.6 is 11.3 Å². The molecule has 0 amide bonds. The Labute approximate surface area is 215 Å². The van der Waals surface area contributed by atoms with Gasteiger partial charge in [0.15, 0.2) is 11.6 Å². The van der Waals surface area contributed by atoms with Crippen molar-refractivity contribution >= 4 is 43.3 Å². The van der Waals surface area contributed by atoms with Crippen LogP contribution in [0.2, 0.25) is 0 Å². The van der Waals surface area contributed by atoms with E-state index in [1.54, 1.807) is 6.20 Å². The first-order valence-corrected chi connectivity index (χ1v) is 13.0. The number of nitriles is 1. The van der Waals surface area contributed by atoms with E-state index in [1.165, 1.54) is 0 Å². The number of fused-ring (bicyclic) bond motifs is 4. The second kappa shape index (κ2) is 8.55. The van der Waals surface area contributed by atoms with Crippen molar-refractivity contribution in [3.63, 3.8) is 0 Å². The topological polar surface area (TPSA) is 121 Å². The molecule has 1 saturated carbocycles. The number of hydrogen-bond donors (Lipinski definition) is 2. The van der Waals surface area contributed by atoms with E-state index in [-0.39, 0.29) is 50.6 Å². The fourth-order valence-electron chi connectivity index (χ4n) is 5.33. The van der Waals surface area contributed by atoms with Crippen molar-refractivity contribution < 1.29 is 18.6 Å². The van der Waals surface area contributed by atoms with Gasteiger partial charge < -0.3 is 20.5 Å². The third kappa shape index (κ3) is 3.47. The van der Waals surface area contributed by atoms with E-state index in [4.69, 9.17) is 10.5 Å². The van der Waals surface area contributed by atoms with E-state index < -0.39 is 17.2 Å². The monoisotopic (exact) mass is 522 g/mol. The highest BCUT2D eigenvalue weighted by Crippen LogP contribution is 2.47. The van der Waals surface area contributed by atoms with Crippen molar-refractivity contribution in [2.45, 2.75) is 45.5 Å². The maximum Gasteiger partial charge on any atom is 0.226 e. The Balaban J connectivity index is 0.00000123. The molecule has 2 fully saturated rings. The van der Waals surface area contributed by atoms with E-state index in [9.17, 15) is 14.8 Å². The molecule has 3 aliphatic rings. The van der Waals surface area contributed by atoms with Crippen molar-refractivity contribution in [3.8, 4) is 17.3 Å². The Morgan fingerprint density at radius 1 is 1.19 bits per heavy atom. The van der Waals surface area contributed by atoms with Gasteiger partial charge in [0.25, 0.3) is 0 Å². The molecule has 0 radical (unpaired) electrons. The highest BCUT2D eigenvalue weighted by molar-refractivity contribution is 7.23. The van der Waals surface area contributed by atoms with Crippen LogP contribution in [0.25, 0.3) is 32.2 Å². The predicted octanol–water partition coefficient (Wildman–Crippen LogP) is 4.66. The van der Waals surface area contributed by atoms with Gasteiger partial charge in [-0.3, -0.25) is 4.98 Å². The zero-order chi connectivity index (χ0) is 26.1. The van der Waals surface area contributed by atoms with Crippen molar-refractivity contribution in [2.24, 2.45) is 5.92 Å². The number of nitrogens with zero attached hydrogens (tertiary/aromatic N) is 5. The second-order valence-corrected chi connectivity index (χ2v) is 10.5. The summed E-state index contributed by atoms with van der Waals surface area (Å²) >= 11 is 0.936. The van der Waals surface area contributed by atoms with Gasteiger partial charge in [0.2, 0.25) is 5.95 Å². The van der Waals surface area contributed by atoms with Crippen LogP contribution in [0.1, 0.15) is 43.4 Å². The molecule has 8 nitrogen and oxygen atoms in total. The molecule has 190 valence electrons. The molecule has 5 heterocycles. The third-order valence-electron chi connectivity index (χ3n) is 7.28. The summed E-state index contributed by atoms with van der Waals surface area (Å²) < 4.78 is 36.7. The average Bonchev–Trinajstić information content (AvgIpc) is 3.54. The number of nitrogen functional groups attached to an aromatic ring is 1. The molecule has 3 N–H and O–H groups in total. The predicted molar refractivity (Wildman–Crippen MR) is 137 cm³/mol. The van der Waals surface area contributed by atoms with Crippen LogP contribution in [0.5, 0.6) is 0 Å². The van der Waals surface area contributed by atoms with Gasteiger partial charge in [-0.05, 0) is 29.9 Å². The van der Waals surface area contributed by atoms with Crippen LogP contribution in [0.4, 0.5) is 19.7 Å². The molecule has 0 bridgehead atoms. The van der Waals surface area contributed by atoms with Gasteiger partial charge in [0.05, 0.1) is 48.5 Å². The molecule has 2 aliphatic heterocycles. The quantitative estimate of drug-likeness (QED) is 0.399. The molecule has 37 heavy (non-hydrogen) atoms. The Morgan fingerprint density at radius 3 is 2.62 bits per heavy atom. The lowest BCUT2D eigenvalue weighted by Gasteiger charge is -2.46. The van der Waals surface area contributed by atoms with E-state index in [0.717, 1.165) is 35.9 Å². The third-order valence-corrected chi connectivity index (χ3v) is 8.31. The molecular formula is C26H24F2N6O2S. The van der Waals surface area contributed by atoms with E-state index in [1.807, 2.05) is 24.8 Å². The molecule has 7 rings (SSSR count). The first kappa shape index (κ1) is 23.9. The van der Waals surface area contributed by atoms with Crippen LogP contribution in [0.15, 0.2) is 12.4 Å². The van der Waals surface area contributed by atoms with Crippen LogP contribution in [-0.4, -0.2) is 38.7 Å². The maximum absolute atomic E-state index is 16.3. The molecular weight excluding hydrogens is 498 g/mol. The molecule has 1 aliphatic carbocycles. The second-order valence-electron chi connectivity index (χ2n) is 9.42. The lowest BCUT2D eigenvalue weighted by molar-refractivity contribution is -0.0102. The number of thiophene rings is 1. The molecule has 0 unspecified atom stereocenters. The summed E-state index contributed by atoms with van der Waals surface area (Å²) in [6, 6.07) is 2.01. The number of hydrogen-bond acceptors (Lipinski definition) is 9. The number of pyridine rings is 1. The molecule has 1 saturated heterocycles. The minimum Gasteiger partial charge on any atom is -0.389 e. The first-order valence-electron chi connectivity index (χ1n) is 12.2. The highest BCUT2D eigenvalue weighted by atomic mass is 32.1. The van der Waals surface area contributed by atoms with Gasteiger partial charge in [-0.25, -0.2) is 18.7 Å². The van der Waals surface area contributed by atoms with Gasteiger partial charge in [-0.1, -0.05) is 13.8 Å². The normalized spacial score (nSPS) is 17.8. The van der Waals surface area contributed by atoms with Crippen molar-refractivity contribution in [2.75, 3.05) is 23.7 Å². The zero-order valence-corrected chi connectivity index (χ0v) is 21.1. The van der Waals surface area contributed by atoms with Gasteiger partial charge in [-0.2, -0.15) is 5.26 Å². The molecule has 4 aromatic rings.